The molecule has 1 saturated carbocycles. The molecule has 4 amide bonds. The van der Waals surface area contributed by atoms with E-state index < -0.39 is 11.6 Å². The Kier molecular flexibility index (Phi) is 18.7. The lowest BCUT2D eigenvalue weighted by atomic mass is 9.83. The molecule has 1 aromatic heterocycles. The van der Waals surface area contributed by atoms with E-state index in [0.717, 1.165) is 62.1 Å². The SMILES string of the molecule is CCCC(=O)NCCOCCOCCn1nnc2c1CCC1C(CC2)C1COC(=O)N1CCC(C(=O)NCCN2CCOCC2)(N(CCCC(=O)OC)C(=O)c2ccc(C)cc2)CC1. The molecule has 4 aliphatic rings. The highest BCUT2D eigenvalue weighted by Crippen LogP contribution is 2.53. The summed E-state index contributed by atoms with van der Waals surface area (Å²) in [6.07, 6.45) is 5.39. The molecular weight excluding hydrogens is 825 g/mol. The van der Waals surface area contributed by atoms with Crippen LogP contribution < -0.4 is 10.6 Å². The zero-order valence-electron chi connectivity index (χ0n) is 38.2. The summed E-state index contributed by atoms with van der Waals surface area (Å²) in [6, 6.07) is 7.27. The van der Waals surface area contributed by atoms with Crippen LogP contribution in [-0.2, 0) is 57.5 Å². The number of carbonyl (C=O) groups is 5. The number of carbonyl (C=O) groups excluding carboxylic acids is 5. The van der Waals surface area contributed by atoms with Crippen LogP contribution in [0.25, 0.3) is 0 Å². The monoisotopic (exact) mass is 895 g/mol. The van der Waals surface area contributed by atoms with Crippen molar-refractivity contribution >= 4 is 29.8 Å². The molecule has 1 aromatic carbocycles. The van der Waals surface area contributed by atoms with E-state index in [0.29, 0.717) is 103 Å². The number of esters is 1. The first kappa shape index (κ1) is 48.8. The predicted octanol–water partition coefficient (Wildman–Crippen LogP) is 2.79. The second kappa shape index (κ2) is 24.6. The van der Waals surface area contributed by atoms with Crippen LogP contribution >= 0.6 is 0 Å². The van der Waals surface area contributed by atoms with Crippen LogP contribution in [-0.4, -0.2) is 171 Å². The molecule has 0 bridgehead atoms. The molecule has 2 aliphatic heterocycles. The fourth-order valence-electron chi connectivity index (χ4n) is 9.40. The Hall–Kier alpha value is -4.65. The number of ether oxygens (including phenoxy) is 5. The number of aromatic nitrogens is 3. The van der Waals surface area contributed by atoms with E-state index in [1.54, 1.807) is 21.9 Å². The summed E-state index contributed by atoms with van der Waals surface area (Å²) in [7, 11) is 1.33. The van der Waals surface area contributed by atoms with Gasteiger partial charge in [0.05, 0.1) is 71.3 Å². The van der Waals surface area contributed by atoms with E-state index in [9.17, 15) is 24.0 Å². The number of morpholine rings is 1. The summed E-state index contributed by atoms with van der Waals surface area (Å²) < 4.78 is 29.7. The van der Waals surface area contributed by atoms with Crippen molar-refractivity contribution in [3.05, 3.63) is 46.8 Å². The zero-order chi connectivity index (χ0) is 45.3. The van der Waals surface area contributed by atoms with Crippen LogP contribution in [0.5, 0.6) is 0 Å². The van der Waals surface area contributed by atoms with Gasteiger partial charge in [0, 0.05) is 70.8 Å². The molecule has 3 fully saturated rings. The molecule has 3 atom stereocenters. The van der Waals surface area contributed by atoms with E-state index in [1.165, 1.54) is 7.11 Å². The van der Waals surface area contributed by atoms with Gasteiger partial charge in [-0.2, -0.15) is 0 Å². The van der Waals surface area contributed by atoms with Gasteiger partial charge in [0.15, 0.2) is 0 Å². The first-order chi connectivity index (χ1) is 31.1. The molecule has 2 N–H and O–H groups in total. The second-order valence-corrected chi connectivity index (χ2v) is 17.4. The van der Waals surface area contributed by atoms with Gasteiger partial charge in [0.1, 0.15) is 5.54 Å². The van der Waals surface area contributed by atoms with Gasteiger partial charge in [0.2, 0.25) is 11.8 Å². The van der Waals surface area contributed by atoms with Crippen molar-refractivity contribution in [1.29, 1.82) is 0 Å². The Morgan fingerprint density at radius 3 is 2.31 bits per heavy atom. The lowest BCUT2D eigenvalue weighted by Crippen LogP contribution is -2.65. The average molecular weight is 895 g/mol. The lowest BCUT2D eigenvalue weighted by molar-refractivity contribution is -0.141. The predicted molar refractivity (Wildman–Crippen MR) is 235 cm³/mol. The van der Waals surface area contributed by atoms with E-state index >= 15 is 0 Å². The van der Waals surface area contributed by atoms with Crippen LogP contribution in [0, 0.1) is 24.7 Å². The Bertz CT molecular complexity index is 1830. The summed E-state index contributed by atoms with van der Waals surface area (Å²) in [5.41, 5.74) is 2.37. The van der Waals surface area contributed by atoms with Gasteiger partial charge >= 0.3 is 12.1 Å². The Labute approximate surface area is 377 Å². The molecule has 0 radical (unpaired) electrons. The molecule has 0 spiro atoms. The zero-order valence-corrected chi connectivity index (χ0v) is 38.2. The highest BCUT2D eigenvalue weighted by Gasteiger charge is 2.52. The molecule has 2 saturated heterocycles. The van der Waals surface area contributed by atoms with Crippen LogP contribution in [0.2, 0.25) is 0 Å². The van der Waals surface area contributed by atoms with E-state index in [-0.39, 0.29) is 68.5 Å². The van der Waals surface area contributed by atoms with Crippen LogP contribution in [0.1, 0.15) is 85.6 Å². The van der Waals surface area contributed by atoms with Crippen LogP contribution in [0.4, 0.5) is 4.79 Å². The first-order valence-corrected chi connectivity index (χ1v) is 23.4. The Balaban J connectivity index is 0.996. The van der Waals surface area contributed by atoms with Crippen molar-refractivity contribution in [3.8, 4) is 0 Å². The van der Waals surface area contributed by atoms with Crippen molar-refractivity contribution < 1.29 is 47.7 Å². The molecule has 2 aromatic rings. The van der Waals surface area contributed by atoms with Gasteiger partial charge in [-0.15, -0.1) is 5.10 Å². The molecule has 2 aliphatic carbocycles. The molecule has 6 rings (SSSR count). The van der Waals surface area contributed by atoms with Gasteiger partial charge in [-0.25, -0.2) is 9.48 Å². The van der Waals surface area contributed by atoms with Gasteiger partial charge < -0.3 is 44.1 Å². The minimum Gasteiger partial charge on any atom is -0.469 e. The smallest absolute Gasteiger partial charge is 0.409 e. The number of amides is 4. The number of nitrogens with zero attached hydrogens (tertiary/aromatic N) is 6. The minimum absolute atomic E-state index is 0.0439. The maximum atomic E-state index is 14.5. The standard InChI is InChI=1S/C46H70N8O10/c1-4-6-41(55)47-19-27-61-31-32-63-30-26-54-40-15-13-37-36(12-14-39(40)49-50-54)38(37)33-64-45(59)52-21-16-46(17-22-52,44(58)48-18-23-51-24-28-62-29-25-51)53(20-5-7-42(56)60-3)43(57)35-10-8-34(2)9-11-35/h8-11,36-38H,4-7,12-33H2,1-3H3,(H,47,55)(H,48,58). The van der Waals surface area contributed by atoms with Crippen molar-refractivity contribution in [2.75, 3.05) is 106 Å². The van der Waals surface area contributed by atoms with E-state index in [1.807, 2.05) is 30.7 Å². The number of likely N-dealkylation sites (tertiary alicyclic amines) is 1. The maximum absolute atomic E-state index is 14.5. The van der Waals surface area contributed by atoms with Gasteiger partial charge in [-0.05, 0) is 88.2 Å². The first-order valence-electron chi connectivity index (χ1n) is 23.4. The quantitative estimate of drug-likeness (QED) is 0.122. The summed E-state index contributed by atoms with van der Waals surface area (Å²) in [5, 5.41) is 14.9. The second-order valence-electron chi connectivity index (χ2n) is 17.4. The van der Waals surface area contributed by atoms with Gasteiger partial charge in [0.25, 0.3) is 5.91 Å². The Morgan fingerprint density at radius 2 is 1.59 bits per heavy atom. The summed E-state index contributed by atoms with van der Waals surface area (Å²) in [6.45, 7) is 11.7. The molecule has 354 valence electrons. The minimum atomic E-state index is -1.25. The third-order valence-corrected chi connectivity index (χ3v) is 13.3. The van der Waals surface area contributed by atoms with Crippen LogP contribution in [0.3, 0.4) is 0 Å². The topological polar surface area (TPSA) is 196 Å². The lowest BCUT2D eigenvalue weighted by Gasteiger charge is -2.47. The fourth-order valence-corrected chi connectivity index (χ4v) is 9.40. The fraction of sp³-hybridized carbons (Fsp3) is 0.717. The van der Waals surface area contributed by atoms with Gasteiger partial charge in [-0.1, -0.05) is 29.8 Å². The Morgan fingerprint density at radius 1 is 0.875 bits per heavy atom. The highest BCUT2D eigenvalue weighted by molar-refractivity contribution is 5.99. The number of methoxy groups -OCH3 is 1. The number of rotatable bonds is 23. The van der Waals surface area contributed by atoms with Crippen molar-refractivity contribution in [1.82, 2.24) is 40.3 Å². The molecule has 3 unspecified atom stereocenters. The van der Waals surface area contributed by atoms with E-state index in [4.69, 9.17) is 23.7 Å². The number of fused-ring (bicyclic) bond motifs is 2. The highest BCUT2D eigenvalue weighted by atomic mass is 16.6. The third kappa shape index (κ3) is 13.5. The van der Waals surface area contributed by atoms with E-state index in [2.05, 4.69) is 25.8 Å². The third-order valence-electron chi connectivity index (χ3n) is 13.3. The number of hydrogen-bond acceptors (Lipinski definition) is 13. The summed E-state index contributed by atoms with van der Waals surface area (Å²) in [4.78, 5) is 71.8. The average Bonchev–Trinajstić information content (AvgIpc) is 3.82. The number of nitrogens with one attached hydrogen (secondary N) is 2. The summed E-state index contributed by atoms with van der Waals surface area (Å²) in [5.74, 6) is 0.274. The van der Waals surface area contributed by atoms with Gasteiger partial charge in [-0.3, -0.25) is 24.1 Å². The summed E-state index contributed by atoms with van der Waals surface area (Å²) >= 11 is 0. The number of piperidine rings is 1. The van der Waals surface area contributed by atoms with Crippen LogP contribution in [0.15, 0.2) is 24.3 Å². The molecule has 18 nitrogen and oxygen atoms in total. The van der Waals surface area contributed by atoms with Crippen molar-refractivity contribution in [3.63, 3.8) is 0 Å². The molecule has 18 heteroatoms. The number of hydrogen-bond donors (Lipinski definition) is 2. The van der Waals surface area contributed by atoms with Crippen molar-refractivity contribution in [2.24, 2.45) is 17.8 Å². The molecular formula is C46H70N8O10. The number of benzene rings is 1. The molecule has 64 heavy (non-hydrogen) atoms. The number of aryl methyl sites for hydroxylation is 2. The maximum Gasteiger partial charge on any atom is 0.409 e. The largest absolute Gasteiger partial charge is 0.469 e. The van der Waals surface area contributed by atoms with Crippen molar-refractivity contribution in [2.45, 2.75) is 90.1 Å². The normalized spacial score (nSPS) is 20.5. The molecule has 3 heterocycles.